The summed E-state index contributed by atoms with van der Waals surface area (Å²) >= 11 is 5.58. The van der Waals surface area contributed by atoms with Gasteiger partial charge >= 0.3 is 0 Å². The molecule has 0 aliphatic rings. The maximum atomic E-state index is 13.1. The maximum Gasteiger partial charge on any atom is 0.142 e. The predicted octanol–water partition coefficient (Wildman–Crippen LogP) is 3.53. The van der Waals surface area contributed by atoms with E-state index in [1.807, 2.05) is 12.1 Å². The monoisotopic (exact) mass is 227 g/mol. The Bertz CT molecular complexity index is 338. The third-order valence-corrected chi connectivity index (χ3v) is 2.47. The van der Waals surface area contributed by atoms with Gasteiger partial charge in [-0.15, -0.1) is 6.58 Å². The van der Waals surface area contributed by atoms with Crippen LogP contribution in [0.3, 0.4) is 0 Å². The highest BCUT2D eigenvalue weighted by Crippen LogP contribution is 2.15. The largest absolute Gasteiger partial charge is 0.310 e. The summed E-state index contributed by atoms with van der Waals surface area (Å²) in [6, 6.07) is 5.20. The zero-order chi connectivity index (χ0) is 11.3. The van der Waals surface area contributed by atoms with E-state index in [4.69, 9.17) is 11.6 Å². The van der Waals surface area contributed by atoms with Crippen LogP contribution < -0.4 is 5.32 Å². The number of hydrogen-bond acceptors (Lipinski definition) is 1. The molecule has 0 aliphatic heterocycles. The van der Waals surface area contributed by atoms with Crippen molar-refractivity contribution >= 4 is 11.6 Å². The van der Waals surface area contributed by atoms with Gasteiger partial charge in [0.05, 0.1) is 5.02 Å². The van der Waals surface area contributed by atoms with Gasteiger partial charge in [0.1, 0.15) is 5.82 Å². The van der Waals surface area contributed by atoms with Crippen LogP contribution in [-0.4, -0.2) is 6.04 Å². The predicted molar refractivity (Wildman–Crippen MR) is 62.5 cm³/mol. The van der Waals surface area contributed by atoms with Crippen LogP contribution in [0.15, 0.2) is 30.9 Å². The van der Waals surface area contributed by atoms with Gasteiger partial charge in [0, 0.05) is 12.6 Å². The minimum absolute atomic E-state index is 0.165. The standard InChI is InChI=1S/C12H15ClFN/c1-3-4-9(2)15-8-10-5-6-11(13)12(14)7-10/h3,5-7,9,15H,1,4,8H2,2H3. The second kappa shape index (κ2) is 5.89. The second-order valence-corrected chi connectivity index (χ2v) is 3.96. The van der Waals surface area contributed by atoms with Crippen molar-refractivity contribution in [1.29, 1.82) is 0 Å². The second-order valence-electron chi connectivity index (χ2n) is 3.55. The summed E-state index contributed by atoms with van der Waals surface area (Å²) in [5, 5.41) is 3.43. The third kappa shape index (κ3) is 4.02. The van der Waals surface area contributed by atoms with Crippen LogP contribution in [0.2, 0.25) is 5.02 Å². The van der Waals surface area contributed by atoms with Crippen LogP contribution in [0.25, 0.3) is 0 Å². The number of benzene rings is 1. The molecular formula is C12H15ClFN. The lowest BCUT2D eigenvalue weighted by Crippen LogP contribution is -2.24. The topological polar surface area (TPSA) is 12.0 Å². The number of halogens is 2. The molecule has 1 aromatic rings. The van der Waals surface area contributed by atoms with Crippen LogP contribution in [0, 0.1) is 5.82 Å². The fourth-order valence-corrected chi connectivity index (χ4v) is 1.39. The van der Waals surface area contributed by atoms with E-state index < -0.39 is 0 Å². The highest BCUT2D eigenvalue weighted by Gasteiger charge is 2.02. The molecule has 0 aromatic heterocycles. The Hall–Kier alpha value is -0.860. The molecule has 0 heterocycles. The minimum atomic E-state index is -0.368. The Balaban J connectivity index is 2.50. The molecule has 0 saturated heterocycles. The lowest BCUT2D eigenvalue weighted by Gasteiger charge is -2.11. The van der Waals surface area contributed by atoms with Gasteiger partial charge in [-0.2, -0.15) is 0 Å². The summed E-state index contributed by atoms with van der Waals surface area (Å²) in [6.07, 6.45) is 2.76. The molecule has 1 N–H and O–H groups in total. The Labute approximate surface area is 95.0 Å². The molecule has 0 fully saturated rings. The maximum absolute atomic E-state index is 13.1. The van der Waals surface area contributed by atoms with E-state index in [9.17, 15) is 4.39 Å². The molecule has 0 saturated carbocycles. The van der Waals surface area contributed by atoms with E-state index in [0.717, 1.165) is 12.0 Å². The molecule has 15 heavy (non-hydrogen) atoms. The van der Waals surface area contributed by atoms with Crippen molar-refractivity contribution in [2.24, 2.45) is 0 Å². The number of hydrogen-bond donors (Lipinski definition) is 1. The lowest BCUT2D eigenvalue weighted by molar-refractivity contribution is 0.550. The molecule has 82 valence electrons. The van der Waals surface area contributed by atoms with Crippen molar-refractivity contribution in [1.82, 2.24) is 5.32 Å². The fourth-order valence-electron chi connectivity index (χ4n) is 1.28. The molecule has 0 spiro atoms. The summed E-state index contributed by atoms with van der Waals surface area (Å²) in [6.45, 7) is 6.37. The molecule has 0 amide bonds. The van der Waals surface area contributed by atoms with Gasteiger partial charge < -0.3 is 5.32 Å². The quantitative estimate of drug-likeness (QED) is 0.759. The number of rotatable bonds is 5. The van der Waals surface area contributed by atoms with Crippen molar-refractivity contribution in [3.63, 3.8) is 0 Å². The van der Waals surface area contributed by atoms with Crippen molar-refractivity contribution in [3.8, 4) is 0 Å². The average molecular weight is 228 g/mol. The SMILES string of the molecule is C=CCC(C)NCc1ccc(Cl)c(F)c1. The molecule has 0 bridgehead atoms. The normalized spacial score (nSPS) is 12.5. The molecule has 1 rings (SSSR count). The Morgan fingerprint density at radius 3 is 2.93 bits per heavy atom. The van der Waals surface area contributed by atoms with E-state index in [1.165, 1.54) is 6.07 Å². The van der Waals surface area contributed by atoms with E-state index in [0.29, 0.717) is 12.6 Å². The first-order chi connectivity index (χ1) is 7.13. The number of nitrogens with one attached hydrogen (secondary N) is 1. The zero-order valence-corrected chi connectivity index (χ0v) is 9.52. The van der Waals surface area contributed by atoms with E-state index >= 15 is 0 Å². The first kappa shape index (κ1) is 12.2. The van der Waals surface area contributed by atoms with Crippen LogP contribution in [-0.2, 0) is 6.54 Å². The summed E-state index contributed by atoms with van der Waals surface area (Å²) in [7, 11) is 0. The smallest absolute Gasteiger partial charge is 0.142 e. The van der Waals surface area contributed by atoms with Crippen molar-refractivity contribution < 1.29 is 4.39 Å². The van der Waals surface area contributed by atoms with Crippen LogP contribution in [0.4, 0.5) is 4.39 Å². The molecule has 1 atom stereocenters. The third-order valence-electron chi connectivity index (χ3n) is 2.16. The van der Waals surface area contributed by atoms with E-state index in [1.54, 1.807) is 6.07 Å². The molecule has 0 aliphatic carbocycles. The first-order valence-corrected chi connectivity index (χ1v) is 5.29. The van der Waals surface area contributed by atoms with Gasteiger partial charge in [0.25, 0.3) is 0 Å². The fraction of sp³-hybridized carbons (Fsp3) is 0.333. The summed E-state index contributed by atoms with van der Waals surface area (Å²) in [5.41, 5.74) is 0.896. The van der Waals surface area contributed by atoms with Crippen LogP contribution >= 0.6 is 11.6 Å². The molecule has 1 unspecified atom stereocenters. The molecule has 3 heteroatoms. The first-order valence-electron chi connectivity index (χ1n) is 4.91. The van der Waals surface area contributed by atoms with Crippen molar-refractivity contribution in [2.45, 2.75) is 25.9 Å². The molecule has 1 aromatic carbocycles. The minimum Gasteiger partial charge on any atom is -0.310 e. The molecular weight excluding hydrogens is 213 g/mol. The average Bonchev–Trinajstić information content (AvgIpc) is 2.20. The van der Waals surface area contributed by atoms with Gasteiger partial charge in [0.15, 0.2) is 0 Å². The highest BCUT2D eigenvalue weighted by molar-refractivity contribution is 6.30. The van der Waals surface area contributed by atoms with Crippen molar-refractivity contribution in [2.75, 3.05) is 0 Å². The highest BCUT2D eigenvalue weighted by atomic mass is 35.5. The molecule has 0 radical (unpaired) electrons. The Kier molecular flexibility index (Phi) is 4.79. The summed E-state index contributed by atoms with van der Waals surface area (Å²) in [4.78, 5) is 0. The Morgan fingerprint density at radius 2 is 2.33 bits per heavy atom. The summed E-state index contributed by atoms with van der Waals surface area (Å²) < 4.78 is 13.1. The van der Waals surface area contributed by atoms with E-state index in [-0.39, 0.29) is 10.8 Å². The van der Waals surface area contributed by atoms with E-state index in [2.05, 4.69) is 18.8 Å². The lowest BCUT2D eigenvalue weighted by atomic mass is 10.2. The van der Waals surface area contributed by atoms with Gasteiger partial charge in [-0.3, -0.25) is 0 Å². The van der Waals surface area contributed by atoms with Crippen LogP contribution in [0.1, 0.15) is 18.9 Å². The van der Waals surface area contributed by atoms with Crippen molar-refractivity contribution in [3.05, 3.63) is 47.3 Å². The van der Waals surface area contributed by atoms with Crippen LogP contribution in [0.5, 0.6) is 0 Å². The van der Waals surface area contributed by atoms with Gasteiger partial charge in [-0.1, -0.05) is 23.7 Å². The van der Waals surface area contributed by atoms with Gasteiger partial charge in [-0.05, 0) is 31.0 Å². The Morgan fingerprint density at radius 1 is 1.60 bits per heavy atom. The van der Waals surface area contributed by atoms with Gasteiger partial charge in [0.2, 0.25) is 0 Å². The summed E-state index contributed by atoms with van der Waals surface area (Å²) in [5.74, 6) is -0.368. The van der Waals surface area contributed by atoms with Gasteiger partial charge in [-0.25, -0.2) is 4.39 Å². The molecule has 1 nitrogen and oxygen atoms in total. The zero-order valence-electron chi connectivity index (χ0n) is 8.76.